The second-order valence-electron chi connectivity index (χ2n) is 7.26. The Morgan fingerprint density at radius 3 is 2.50 bits per heavy atom. The zero-order chi connectivity index (χ0) is 20.1. The minimum Gasteiger partial charge on any atom is -0.487 e. The van der Waals surface area contributed by atoms with E-state index in [4.69, 9.17) is 16.3 Å². The van der Waals surface area contributed by atoms with E-state index in [1.165, 1.54) is 0 Å². The quantitative estimate of drug-likeness (QED) is 0.529. The molecule has 28 heavy (non-hydrogen) atoms. The van der Waals surface area contributed by atoms with E-state index in [0.717, 1.165) is 41.9 Å². The number of ether oxygens (including phenoxy) is 1. The Hall–Kier alpha value is -1.65. The van der Waals surface area contributed by atoms with E-state index in [1.807, 2.05) is 49.4 Å². The van der Waals surface area contributed by atoms with Crippen LogP contribution < -0.4 is 10.1 Å². The van der Waals surface area contributed by atoms with Crippen molar-refractivity contribution in [3.63, 3.8) is 0 Å². The zero-order valence-electron chi connectivity index (χ0n) is 16.7. The highest BCUT2D eigenvalue weighted by Gasteiger charge is 2.39. The zero-order valence-corrected chi connectivity index (χ0v) is 18.3. The Morgan fingerprint density at radius 2 is 1.86 bits per heavy atom. The average Bonchev–Trinajstić information content (AvgIpc) is 2.73. The summed E-state index contributed by atoms with van der Waals surface area (Å²) in [6, 6.07) is 15.7. The smallest absolute Gasteiger partial charge is 0.233 e. The third kappa shape index (κ3) is 4.66. The highest BCUT2D eigenvalue weighted by Crippen LogP contribution is 2.43. The fourth-order valence-electron chi connectivity index (χ4n) is 3.69. The minimum absolute atomic E-state index is 0.0304. The lowest BCUT2D eigenvalue weighted by Gasteiger charge is -2.42. The molecule has 0 spiro atoms. The first-order valence-corrected chi connectivity index (χ1v) is 11.3. The van der Waals surface area contributed by atoms with Crippen LogP contribution in [0.1, 0.15) is 58.1 Å². The second-order valence-corrected chi connectivity index (χ2v) is 8.98. The molecule has 3 rings (SSSR count). The first-order chi connectivity index (χ1) is 13.5. The van der Waals surface area contributed by atoms with Crippen LogP contribution >= 0.6 is 23.4 Å². The van der Waals surface area contributed by atoms with E-state index in [0.29, 0.717) is 5.02 Å². The number of benzene rings is 2. The summed E-state index contributed by atoms with van der Waals surface area (Å²) in [5.74, 6) is 0.964. The molecule has 2 aromatic rings. The molecule has 5 heteroatoms. The fourth-order valence-corrected chi connectivity index (χ4v) is 4.78. The molecule has 0 saturated carbocycles. The molecule has 1 heterocycles. The number of hydrogen-bond acceptors (Lipinski definition) is 3. The fraction of sp³-hybridized carbons (Fsp3) is 0.435. The van der Waals surface area contributed by atoms with E-state index in [9.17, 15) is 4.79 Å². The number of fused-ring (bicyclic) bond motifs is 1. The van der Waals surface area contributed by atoms with Crippen LogP contribution in [-0.4, -0.2) is 16.8 Å². The van der Waals surface area contributed by atoms with Gasteiger partial charge in [-0.3, -0.25) is 4.79 Å². The summed E-state index contributed by atoms with van der Waals surface area (Å²) in [5.41, 5.74) is 0.844. The number of hydrogen-bond donors (Lipinski definition) is 1. The van der Waals surface area contributed by atoms with Crippen molar-refractivity contribution < 1.29 is 9.53 Å². The van der Waals surface area contributed by atoms with E-state index in [-0.39, 0.29) is 22.8 Å². The average molecular weight is 418 g/mol. The molecule has 150 valence electrons. The Kier molecular flexibility index (Phi) is 6.95. The molecule has 0 aliphatic carbocycles. The first-order valence-electron chi connectivity index (χ1n) is 10.0. The van der Waals surface area contributed by atoms with Gasteiger partial charge >= 0.3 is 0 Å². The van der Waals surface area contributed by atoms with Gasteiger partial charge in [0.1, 0.15) is 11.4 Å². The van der Waals surface area contributed by atoms with Crippen LogP contribution in [-0.2, 0) is 4.79 Å². The Bertz CT molecular complexity index is 805. The van der Waals surface area contributed by atoms with Crippen molar-refractivity contribution in [2.45, 2.75) is 68.2 Å². The molecule has 1 aliphatic heterocycles. The number of amides is 1. The number of para-hydroxylation sites is 1. The van der Waals surface area contributed by atoms with Crippen molar-refractivity contribution in [3.8, 4) is 5.75 Å². The molecule has 0 aromatic heterocycles. The van der Waals surface area contributed by atoms with Crippen LogP contribution in [0.25, 0.3) is 0 Å². The number of rotatable bonds is 7. The summed E-state index contributed by atoms with van der Waals surface area (Å²) >= 11 is 7.56. The van der Waals surface area contributed by atoms with E-state index in [2.05, 4.69) is 25.2 Å². The molecule has 1 aliphatic rings. The molecule has 1 N–H and O–H groups in total. The van der Waals surface area contributed by atoms with Gasteiger partial charge in [-0.25, -0.2) is 0 Å². The van der Waals surface area contributed by atoms with Gasteiger partial charge in [0, 0.05) is 21.9 Å². The normalized spacial score (nSPS) is 18.6. The number of carbonyl (C=O) groups is 1. The van der Waals surface area contributed by atoms with Gasteiger partial charge < -0.3 is 10.1 Å². The summed E-state index contributed by atoms with van der Waals surface area (Å²) in [7, 11) is 0. The summed E-state index contributed by atoms with van der Waals surface area (Å²) < 4.78 is 6.35. The highest BCUT2D eigenvalue weighted by atomic mass is 35.5. The molecule has 2 aromatic carbocycles. The van der Waals surface area contributed by atoms with Gasteiger partial charge in [0.2, 0.25) is 5.91 Å². The van der Waals surface area contributed by atoms with Crippen molar-refractivity contribution in [1.29, 1.82) is 0 Å². The van der Waals surface area contributed by atoms with Gasteiger partial charge in [0.25, 0.3) is 0 Å². The van der Waals surface area contributed by atoms with Crippen LogP contribution in [0.15, 0.2) is 53.4 Å². The highest BCUT2D eigenvalue weighted by molar-refractivity contribution is 8.00. The maximum absolute atomic E-state index is 13.1. The molecule has 0 radical (unpaired) electrons. The predicted molar refractivity (Wildman–Crippen MR) is 117 cm³/mol. The standard InChI is InChI=1S/C23H28ClNO2S/c1-4-21(28-17-13-11-16(24)12-14-17)22(26)25-19-15-23(5-2,6-3)27-20-10-8-7-9-18(19)20/h7-14,19,21H,4-6,15H2,1-3H3,(H,25,26)/t19-,21+/m1/s1. The third-order valence-corrected chi connectivity index (χ3v) is 7.19. The number of thioether (sulfide) groups is 1. The molecule has 3 nitrogen and oxygen atoms in total. The monoisotopic (exact) mass is 417 g/mol. The van der Waals surface area contributed by atoms with Crippen LogP contribution in [0, 0.1) is 0 Å². The lowest BCUT2D eigenvalue weighted by molar-refractivity contribution is -0.122. The van der Waals surface area contributed by atoms with Gasteiger partial charge in [0.15, 0.2) is 0 Å². The minimum atomic E-state index is -0.225. The van der Waals surface area contributed by atoms with Gasteiger partial charge in [-0.15, -0.1) is 11.8 Å². The Balaban J connectivity index is 1.78. The molecule has 0 saturated heterocycles. The van der Waals surface area contributed by atoms with Gasteiger partial charge in [0.05, 0.1) is 11.3 Å². The van der Waals surface area contributed by atoms with Crippen LogP contribution in [0.3, 0.4) is 0 Å². The van der Waals surface area contributed by atoms with E-state index in [1.54, 1.807) is 11.8 Å². The summed E-state index contributed by atoms with van der Waals surface area (Å²) in [5, 5.41) is 3.88. The lowest BCUT2D eigenvalue weighted by atomic mass is 9.83. The van der Waals surface area contributed by atoms with E-state index >= 15 is 0 Å². The van der Waals surface area contributed by atoms with Gasteiger partial charge in [-0.2, -0.15) is 0 Å². The Morgan fingerprint density at radius 1 is 1.18 bits per heavy atom. The third-order valence-electron chi connectivity index (χ3n) is 5.56. The topological polar surface area (TPSA) is 38.3 Å². The molecular formula is C23H28ClNO2S. The Labute approximate surface area is 177 Å². The number of halogens is 1. The molecule has 0 fully saturated rings. The van der Waals surface area contributed by atoms with Crippen molar-refractivity contribution in [2.75, 3.05) is 0 Å². The van der Waals surface area contributed by atoms with Gasteiger partial charge in [-0.05, 0) is 49.6 Å². The number of nitrogens with one attached hydrogen (secondary N) is 1. The SMILES string of the molecule is CC[C@H](Sc1ccc(Cl)cc1)C(=O)N[C@@H]1CC(CC)(CC)Oc2ccccc21. The molecule has 1 amide bonds. The van der Waals surface area contributed by atoms with E-state index < -0.39 is 0 Å². The maximum atomic E-state index is 13.1. The van der Waals surface area contributed by atoms with Crippen molar-refractivity contribution in [1.82, 2.24) is 5.32 Å². The number of carbonyl (C=O) groups excluding carboxylic acids is 1. The van der Waals surface area contributed by atoms with Gasteiger partial charge in [-0.1, -0.05) is 50.6 Å². The summed E-state index contributed by atoms with van der Waals surface area (Å²) in [6.07, 6.45) is 3.39. The lowest BCUT2D eigenvalue weighted by Crippen LogP contribution is -2.46. The van der Waals surface area contributed by atoms with Crippen molar-refractivity contribution in [2.24, 2.45) is 0 Å². The molecule has 0 unspecified atom stereocenters. The first kappa shape index (κ1) is 21.1. The van der Waals surface area contributed by atoms with Crippen LogP contribution in [0.2, 0.25) is 5.02 Å². The summed E-state index contributed by atoms with van der Waals surface area (Å²) in [4.78, 5) is 14.2. The summed E-state index contributed by atoms with van der Waals surface area (Å²) in [6.45, 7) is 6.36. The largest absolute Gasteiger partial charge is 0.487 e. The second kappa shape index (κ2) is 9.23. The van der Waals surface area contributed by atoms with Crippen LogP contribution in [0.4, 0.5) is 0 Å². The predicted octanol–water partition coefficient (Wildman–Crippen LogP) is 6.41. The maximum Gasteiger partial charge on any atom is 0.233 e. The van der Waals surface area contributed by atoms with Crippen LogP contribution in [0.5, 0.6) is 5.75 Å². The molecular weight excluding hydrogens is 390 g/mol. The van der Waals surface area contributed by atoms with Crippen molar-refractivity contribution >= 4 is 29.3 Å². The van der Waals surface area contributed by atoms with Crippen molar-refractivity contribution in [3.05, 3.63) is 59.1 Å². The molecule has 0 bridgehead atoms. The molecule has 2 atom stereocenters.